The van der Waals surface area contributed by atoms with Gasteiger partial charge in [0.2, 0.25) is 0 Å². The molecule has 2 nitrogen and oxygen atoms in total. The molecule has 0 spiro atoms. The molecule has 0 N–H and O–H groups in total. The zero-order chi connectivity index (χ0) is 16.5. The van der Waals surface area contributed by atoms with E-state index < -0.39 is 0 Å². The van der Waals surface area contributed by atoms with Gasteiger partial charge in [0.1, 0.15) is 5.78 Å². The standard InChI is InChI=1S/C21H37NO/c1-3-4-5-6-7-8-9-10-11-15-21(23)18-16-19-13-12-14-20(17-18)22(19)2/h3,18-20H,1,4-17H2,2H3. The van der Waals surface area contributed by atoms with Crippen LogP contribution in [-0.2, 0) is 4.79 Å². The lowest BCUT2D eigenvalue weighted by Gasteiger charge is -2.46. The largest absolute Gasteiger partial charge is 0.300 e. The molecule has 0 saturated carbocycles. The van der Waals surface area contributed by atoms with Gasteiger partial charge in [0.05, 0.1) is 0 Å². The third kappa shape index (κ3) is 6.06. The summed E-state index contributed by atoms with van der Waals surface area (Å²) in [5.74, 6) is 0.946. The van der Waals surface area contributed by atoms with E-state index >= 15 is 0 Å². The normalized spacial score (nSPS) is 27.8. The van der Waals surface area contributed by atoms with Crippen LogP contribution in [0.3, 0.4) is 0 Å². The molecular weight excluding hydrogens is 282 g/mol. The molecule has 2 bridgehead atoms. The number of fused-ring (bicyclic) bond motifs is 2. The summed E-state index contributed by atoms with van der Waals surface area (Å²) in [4.78, 5) is 15.1. The van der Waals surface area contributed by atoms with Crippen LogP contribution in [0.5, 0.6) is 0 Å². The number of hydrogen-bond donors (Lipinski definition) is 0. The van der Waals surface area contributed by atoms with Crippen LogP contribution in [0.1, 0.15) is 89.9 Å². The SMILES string of the molecule is C=CCCCCCCCCCC(=O)C1CC2CCCC(C1)N2C. The summed E-state index contributed by atoms with van der Waals surface area (Å²) in [7, 11) is 2.27. The maximum absolute atomic E-state index is 12.5. The number of piperidine rings is 2. The fraction of sp³-hybridized carbons (Fsp3) is 0.857. The minimum Gasteiger partial charge on any atom is -0.300 e. The third-order valence-electron chi connectivity index (χ3n) is 6.13. The van der Waals surface area contributed by atoms with Gasteiger partial charge in [-0.25, -0.2) is 0 Å². The fourth-order valence-corrected chi connectivity index (χ4v) is 4.55. The second-order valence-corrected chi connectivity index (χ2v) is 7.84. The summed E-state index contributed by atoms with van der Waals surface area (Å²) in [6.45, 7) is 3.76. The van der Waals surface area contributed by atoms with Crippen LogP contribution in [0.4, 0.5) is 0 Å². The van der Waals surface area contributed by atoms with Gasteiger partial charge in [-0.2, -0.15) is 0 Å². The zero-order valence-electron chi connectivity index (χ0n) is 15.3. The highest BCUT2D eigenvalue weighted by molar-refractivity contribution is 5.81. The van der Waals surface area contributed by atoms with Gasteiger partial charge in [-0.05, 0) is 52.0 Å². The third-order valence-corrected chi connectivity index (χ3v) is 6.13. The summed E-state index contributed by atoms with van der Waals surface area (Å²) >= 11 is 0. The van der Waals surface area contributed by atoms with Gasteiger partial charge < -0.3 is 4.90 Å². The first-order valence-corrected chi connectivity index (χ1v) is 10.1. The molecule has 2 aliphatic heterocycles. The van der Waals surface area contributed by atoms with E-state index in [0.29, 0.717) is 23.8 Å². The molecule has 2 heteroatoms. The number of nitrogens with zero attached hydrogens (tertiary/aromatic N) is 1. The van der Waals surface area contributed by atoms with Crippen LogP contribution in [0.15, 0.2) is 12.7 Å². The molecule has 2 fully saturated rings. The molecule has 2 aliphatic rings. The second kappa shape index (κ2) is 10.3. The second-order valence-electron chi connectivity index (χ2n) is 7.84. The van der Waals surface area contributed by atoms with Crippen molar-refractivity contribution in [2.45, 2.75) is 102 Å². The molecule has 2 unspecified atom stereocenters. The Balaban J connectivity index is 1.53. The Bertz CT molecular complexity index is 351. The lowest BCUT2D eigenvalue weighted by molar-refractivity contribution is -0.126. The molecule has 2 saturated heterocycles. The van der Waals surface area contributed by atoms with Crippen LogP contribution in [0.2, 0.25) is 0 Å². The lowest BCUT2D eigenvalue weighted by Crippen LogP contribution is -2.51. The van der Waals surface area contributed by atoms with Crippen molar-refractivity contribution < 1.29 is 4.79 Å². The van der Waals surface area contributed by atoms with Crippen molar-refractivity contribution in [3.8, 4) is 0 Å². The molecule has 23 heavy (non-hydrogen) atoms. The quantitative estimate of drug-likeness (QED) is 0.369. The number of carbonyl (C=O) groups excluding carboxylic acids is 1. The number of allylic oxidation sites excluding steroid dienone is 1. The Morgan fingerprint density at radius 3 is 2.17 bits per heavy atom. The topological polar surface area (TPSA) is 20.3 Å². The maximum atomic E-state index is 12.5. The van der Waals surface area contributed by atoms with Crippen molar-refractivity contribution in [1.29, 1.82) is 0 Å². The van der Waals surface area contributed by atoms with E-state index in [1.807, 2.05) is 6.08 Å². The predicted octanol–water partition coefficient (Wildman–Crippen LogP) is 5.52. The van der Waals surface area contributed by atoms with Crippen LogP contribution in [0.25, 0.3) is 0 Å². The van der Waals surface area contributed by atoms with Gasteiger partial charge in [0, 0.05) is 24.4 Å². The minimum absolute atomic E-state index is 0.375. The fourth-order valence-electron chi connectivity index (χ4n) is 4.55. The summed E-state index contributed by atoms with van der Waals surface area (Å²) in [6.07, 6.45) is 19.2. The summed E-state index contributed by atoms with van der Waals surface area (Å²) in [5, 5.41) is 0. The Hall–Kier alpha value is -0.630. The van der Waals surface area contributed by atoms with Crippen molar-refractivity contribution >= 4 is 5.78 Å². The Morgan fingerprint density at radius 1 is 1.00 bits per heavy atom. The van der Waals surface area contributed by atoms with Gasteiger partial charge in [0.15, 0.2) is 0 Å². The average Bonchev–Trinajstić information content (AvgIpc) is 2.53. The van der Waals surface area contributed by atoms with E-state index in [1.165, 1.54) is 57.8 Å². The molecule has 0 aromatic heterocycles. The van der Waals surface area contributed by atoms with Crippen LogP contribution in [-0.4, -0.2) is 29.8 Å². The molecule has 2 heterocycles. The van der Waals surface area contributed by atoms with E-state index in [-0.39, 0.29) is 0 Å². The van der Waals surface area contributed by atoms with Gasteiger partial charge in [-0.15, -0.1) is 6.58 Å². The van der Waals surface area contributed by atoms with E-state index in [1.54, 1.807) is 0 Å². The molecule has 0 radical (unpaired) electrons. The lowest BCUT2D eigenvalue weighted by atomic mass is 9.76. The number of rotatable bonds is 11. The van der Waals surface area contributed by atoms with Gasteiger partial charge >= 0.3 is 0 Å². The monoisotopic (exact) mass is 319 g/mol. The molecule has 132 valence electrons. The minimum atomic E-state index is 0.375. The van der Waals surface area contributed by atoms with Crippen molar-refractivity contribution in [1.82, 2.24) is 4.90 Å². The molecule has 0 aromatic carbocycles. The maximum Gasteiger partial charge on any atom is 0.136 e. The molecule has 0 aromatic rings. The number of unbranched alkanes of at least 4 members (excludes halogenated alkanes) is 7. The van der Waals surface area contributed by atoms with Crippen molar-refractivity contribution in [3.05, 3.63) is 12.7 Å². The van der Waals surface area contributed by atoms with Crippen LogP contribution < -0.4 is 0 Å². The van der Waals surface area contributed by atoms with Gasteiger partial charge in [0.25, 0.3) is 0 Å². The van der Waals surface area contributed by atoms with Gasteiger partial charge in [-0.3, -0.25) is 4.79 Å². The predicted molar refractivity (Wildman–Crippen MR) is 98.7 cm³/mol. The highest BCUT2D eigenvalue weighted by Gasteiger charge is 2.38. The van der Waals surface area contributed by atoms with E-state index in [0.717, 1.165) is 32.1 Å². The molecule has 0 aliphatic carbocycles. The van der Waals surface area contributed by atoms with E-state index in [9.17, 15) is 4.79 Å². The van der Waals surface area contributed by atoms with Crippen molar-refractivity contribution in [2.24, 2.45) is 5.92 Å². The molecule has 2 rings (SSSR count). The van der Waals surface area contributed by atoms with Crippen molar-refractivity contribution in [3.63, 3.8) is 0 Å². The summed E-state index contributed by atoms with van der Waals surface area (Å²) in [5.41, 5.74) is 0. The Labute approximate surface area is 143 Å². The van der Waals surface area contributed by atoms with Crippen LogP contribution >= 0.6 is 0 Å². The highest BCUT2D eigenvalue weighted by Crippen LogP contribution is 2.36. The summed E-state index contributed by atoms with van der Waals surface area (Å²) in [6, 6.07) is 1.37. The number of ketones is 1. The van der Waals surface area contributed by atoms with E-state index in [2.05, 4.69) is 18.5 Å². The number of hydrogen-bond acceptors (Lipinski definition) is 2. The first-order chi connectivity index (χ1) is 11.2. The highest BCUT2D eigenvalue weighted by atomic mass is 16.1. The van der Waals surface area contributed by atoms with Gasteiger partial charge in [-0.1, -0.05) is 44.6 Å². The smallest absolute Gasteiger partial charge is 0.136 e. The Kier molecular flexibility index (Phi) is 8.36. The first kappa shape index (κ1) is 18.7. The molecule has 0 amide bonds. The zero-order valence-corrected chi connectivity index (χ0v) is 15.3. The summed E-state index contributed by atoms with van der Waals surface area (Å²) < 4.78 is 0. The number of carbonyl (C=O) groups is 1. The Morgan fingerprint density at radius 2 is 1.57 bits per heavy atom. The first-order valence-electron chi connectivity index (χ1n) is 10.1. The van der Waals surface area contributed by atoms with Crippen molar-refractivity contribution in [2.75, 3.05) is 7.05 Å². The molecule has 2 atom stereocenters. The number of Topliss-reactive ketones (excluding diaryl/α,β-unsaturated/α-hetero) is 1. The van der Waals surface area contributed by atoms with Crippen LogP contribution in [0, 0.1) is 5.92 Å². The molecular formula is C21H37NO. The van der Waals surface area contributed by atoms with E-state index in [4.69, 9.17) is 0 Å². The average molecular weight is 320 g/mol.